The quantitative estimate of drug-likeness (QED) is 0.621. The number of nitrogens with two attached hydrogens (primary N) is 1. The summed E-state index contributed by atoms with van der Waals surface area (Å²) < 4.78 is 4.78. The van der Waals surface area contributed by atoms with Crippen LogP contribution in [0.3, 0.4) is 0 Å². The molecule has 0 heterocycles. The number of nitrogens with one attached hydrogen (secondary N) is 1. The van der Waals surface area contributed by atoms with Gasteiger partial charge in [0, 0.05) is 11.4 Å². The Morgan fingerprint density at radius 1 is 1.41 bits per heavy atom. The van der Waals surface area contributed by atoms with Crippen LogP contribution in [0.4, 0.5) is 11.4 Å². The predicted octanol–water partition coefficient (Wildman–Crippen LogP) is 2.19. The molecule has 0 fully saturated rings. The maximum absolute atomic E-state index is 11.6. The summed E-state index contributed by atoms with van der Waals surface area (Å²) in [5, 5.41) is 3.18. The van der Waals surface area contributed by atoms with Gasteiger partial charge in [0.1, 0.15) is 6.04 Å². The average Bonchev–Trinajstić information content (AvgIpc) is 2.28. The number of nitrogen functional groups attached to an aromatic ring is 1. The molecule has 0 radical (unpaired) electrons. The van der Waals surface area contributed by atoms with Crippen molar-refractivity contribution in [3.63, 3.8) is 0 Å². The Kier molecular flexibility index (Phi) is 4.37. The number of benzene rings is 1. The van der Waals surface area contributed by atoms with Crippen LogP contribution in [-0.4, -0.2) is 19.1 Å². The van der Waals surface area contributed by atoms with Gasteiger partial charge in [0.05, 0.1) is 7.11 Å². The first kappa shape index (κ1) is 13.4. The summed E-state index contributed by atoms with van der Waals surface area (Å²) in [7, 11) is 1.39. The first-order valence-electron chi connectivity index (χ1n) is 5.66. The van der Waals surface area contributed by atoms with Gasteiger partial charge in [0.25, 0.3) is 0 Å². The number of carbonyl (C=O) groups is 1. The number of carbonyl (C=O) groups excluding carboxylic acids is 1. The summed E-state index contributed by atoms with van der Waals surface area (Å²) in [6, 6.07) is 5.23. The molecule has 4 heteroatoms. The molecule has 94 valence electrons. The highest BCUT2D eigenvalue weighted by molar-refractivity contribution is 5.80. The highest BCUT2D eigenvalue weighted by atomic mass is 16.5. The first-order chi connectivity index (χ1) is 7.95. The third-order valence-corrected chi connectivity index (χ3v) is 2.69. The van der Waals surface area contributed by atoms with Crippen molar-refractivity contribution in [2.45, 2.75) is 26.8 Å². The molecular formula is C13H20N2O2. The molecular weight excluding hydrogens is 216 g/mol. The van der Waals surface area contributed by atoms with Crippen LogP contribution < -0.4 is 11.1 Å². The van der Waals surface area contributed by atoms with E-state index in [1.54, 1.807) is 0 Å². The lowest BCUT2D eigenvalue weighted by Gasteiger charge is -2.22. The van der Waals surface area contributed by atoms with E-state index in [1.165, 1.54) is 7.11 Å². The zero-order valence-corrected chi connectivity index (χ0v) is 10.8. The van der Waals surface area contributed by atoms with E-state index in [2.05, 4.69) is 5.32 Å². The summed E-state index contributed by atoms with van der Waals surface area (Å²) >= 11 is 0. The first-order valence-corrected chi connectivity index (χ1v) is 5.66. The van der Waals surface area contributed by atoms with E-state index in [9.17, 15) is 4.79 Å². The number of esters is 1. The van der Waals surface area contributed by atoms with Crippen LogP contribution in [0.5, 0.6) is 0 Å². The number of hydrogen-bond donors (Lipinski definition) is 2. The molecule has 1 rings (SSSR count). The highest BCUT2D eigenvalue weighted by Crippen LogP contribution is 2.21. The van der Waals surface area contributed by atoms with Gasteiger partial charge in [-0.2, -0.15) is 0 Å². The van der Waals surface area contributed by atoms with Gasteiger partial charge in [-0.15, -0.1) is 0 Å². The lowest BCUT2D eigenvalue weighted by molar-refractivity contribution is -0.142. The van der Waals surface area contributed by atoms with Gasteiger partial charge >= 0.3 is 5.97 Å². The molecule has 3 N–H and O–H groups in total. The standard InChI is InChI=1S/C13H20N2O2/c1-8(2)12(13(16)17-4)15-11-7-10(14)6-5-9(11)3/h5-8,12,15H,14H2,1-4H3. The van der Waals surface area contributed by atoms with E-state index in [4.69, 9.17) is 10.5 Å². The second kappa shape index (κ2) is 5.57. The van der Waals surface area contributed by atoms with Crippen molar-refractivity contribution in [3.8, 4) is 0 Å². The van der Waals surface area contributed by atoms with Crippen molar-refractivity contribution in [2.24, 2.45) is 5.92 Å². The van der Waals surface area contributed by atoms with Gasteiger partial charge in [-0.3, -0.25) is 0 Å². The molecule has 0 saturated carbocycles. The van der Waals surface area contributed by atoms with Gasteiger partial charge < -0.3 is 15.8 Å². The molecule has 0 aliphatic rings. The normalized spacial score (nSPS) is 12.3. The van der Waals surface area contributed by atoms with E-state index in [0.717, 1.165) is 11.3 Å². The van der Waals surface area contributed by atoms with Crippen LogP contribution in [0.15, 0.2) is 18.2 Å². The molecule has 0 amide bonds. The molecule has 0 aromatic heterocycles. The van der Waals surface area contributed by atoms with Crippen molar-refractivity contribution >= 4 is 17.3 Å². The smallest absolute Gasteiger partial charge is 0.328 e. The topological polar surface area (TPSA) is 64.3 Å². The molecule has 4 nitrogen and oxygen atoms in total. The van der Waals surface area contributed by atoms with Crippen LogP contribution in [0, 0.1) is 12.8 Å². The lowest BCUT2D eigenvalue weighted by atomic mass is 10.0. The Labute approximate surface area is 102 Å². The van der Waals surface area contributed by atoms with Gasteiger partial charge in [-0.1, -0.05) is 19.9 Å². The van der Waals surface area contributed by atoms with Crippen LogP contribution in [-0.2, 0) is 9.53 Å². The fourth-order valence-electron chi connectivity index (χ4n) is 1.59. The number of aryl methyl sites for hydroxylation is 1. The Hall–Kier alpha value is -1.71. The second-order valence-electron chi connectivity index (χ2n) is 4.46. The third-order valence-electron chi connectivity index (χ3n) is 2.69. The number of hydrogen-bond acceptors (Lipinski definition) is 4. The minimum atomic E-state index is -0.361. The monoisotopic (exact) mass is 236 g/mol. The van der Waals surface area contributed by atoms with Crippen LogP contribution in [0.2, 0.25) is 0 Å². The van der Waals surface area contributed by atoms with Gasteiger partial charge in [0.15, 0.2) is 0 Å². The van der Waals surface area contributed by atoms with E-state index in [1.807, 2.05) is 39.0 Å². The Morgan fingerprint density at radius 3 is 2.59 bits per heavy atom. The summed E-state index contributed by atoms with van der Waals surface area (Å²) in [6.07, 6.45) is 0. The van der Waals surface area contributed by atoms with Crippen molar-refractivity contribution in [1.82, 2.24) is 0 Å². The van der Waals surface area contributed by atoms with Crippen LogP contribution >= 0.6 is 0 Å². The summed E-state index contributed by atoms with van der Waals surface area (Å²) in [6.45, 7) is 5.91. The average molecular weight is 236 g/mol. The Morgan fingerprint density at radius 2 is 2.06 bits per heavy atom. The molecule has 0 spiro atoms. The molecule has 0 saturated heterocycles. The maximum Gasteiger partial charge on any atom is 0.328 e. The van der Waals surface area contributed by atoms with E-state index in [0.29, 0.717) is 5.69 Å². The van der Waals surface area contributed by atoms with Crippen LogP contribution in [0.1, 0.15) is 19.4 Å². The fourth-order valence-corrected chi connectivity index (χ4v) is 1.59. The molecule has 1 aromatic rings. The highest BCUT2D eigenvalue weighted by Gasteiger charge is 2.23. The number of anilines is 2. The summed E-state index contributed by atoms with van der Waals surface area (Å²) in [5.74, 6) is -0.120. The van der Waals surface area contributed by atoms with Crippen LogP contribution in [0.25, 0.3) is 0 Å². The number of ether oxygens (including phenoxy) is 1. The Balaban J connectivity index is 2.93. The van der Waals surface area contributed by atoms with E-state index >= 15 is 0 Å². The molecule has 1 atom stereocenters. The molecule has 1 unspecified atom stereocenters. The minimum absolute atomic E-state index is 0.142. The maximum atomic E-state index is 11.6. The SMILES string of the molecule is COC(=O)C(Nc1cc(N)ccc1C)C(C)C. The second-order valence-corrected chi connectivity index (χ2v) is 4.46. The van der Waals surface area contributed by atoms with E-state index < -0.39 is 0 Å². The van der Waals surface area contributed by atoms with Crippen molar-refractivity contribution in [1.29, 1.82) is 0 Å². The Bertz CT molecular complexity index is 402. The molecule has 0 aliphatic heterocycles. The predicted molar refractivity (Wildman–Crippen MR) is 69.9 cm³/mol. The molecule has 0 bridgehead atoms. The molecule has 1 aromatic carbocycles. The van der Waals surface area contributed by atoms with Gasteiger partial charge in [-0.05, 0) is 30.5 Å². The van der Waals surface area contributed by atoms with Gasteiger partial charge in [0.2, 0.25) is 0 Å². The third kappa shape index (κ3) is 3.37. The molecule has 0 aliphatic carbocycles. The fraction of sp³-hybridized carbons (Fsp3) is 0.462. The number of rotatable bonds is 4. The zero-order valence-electron chi connectivity index (χ0n) is 10.8. The molecule has 17 heavy (non-hydrogen) atoms. The minimum Gasteiger partial charge on any atom is -0.467 e. The van der Waals surface area contributed by atoms with Gasteiger partial charge in [-0.25, -0.2) is 4.79 Å². The summed E-state index contributed by atoms with van der Waals surface area (Å²) in [5.41, 5.74) is 8.32. The van der Waals surface area contributed by atoms with E-state index in [-0.39, 0.29) is 17.9 Å². The van der Waals surface area contributed by atoms with Crippen molar-refractivity contribution in [2.75, 3.05) is 18.2 Å². The number of methoxy groups -OCH3 is 1. The van der Waals surface area contributed by atoms with Crippen molar-refractivity contribution in [3.05, 3.63) is 23.8 Å². The lowest BCUT2D eigenvalue weighted by Crippen LogP contribution is -2.35. The summed E-state index contributed by atoms with van der Waals surface area (Å²) in [4.78, 5) is 11.6. The van der Waals surface area contributed by atoms with Crippen molar-refractivity contribution < 1.29 is 9.53 Å². The largest absolute Gasteiger partial charge is 0.467 e. The zero-order chi connectivity index (χ0) is 13.0.